The molecule has 2 rings (SSSR count). The SMILES string of the molecule is C=CC(=O)Nc1cc(NC(=O)c2cn(CC)nc2C(F)(F)F)ccc1F. The number of carbonyl (C=O) groups excluding carboxylic acids is 2. The van der Waals surface area contributed by atoms with Crippen LogP contribution in [0.25, 0.3) is 0 Å². The summed E-state index contributed by atoms with van der Waals surface area (Å²) in [6, 6.07) is 3.18. The van der Waals surface area contributed by atoms with E-state index in [2.05, 4.69) is 22.3 Å². The normalized spacial score (nSPS) is 11.1. The zero-order chi connectivity index (χ0) is 19.5. The van der Waals surface area contributed by atoms with E-state index in [1.54, 1.807) is 6.92 Å². The van der Waals surface area contributed by atoms with Crippen LogP contribution < -0.4 is 10.6 Å². The van der Waals surface area contributed by atoms with Crippen molar-refractivity contribution < 1.29 is 27.2 Å². The van der Waals surface area contributed by atoms with E-state index in [1.807, 2.05) is 0 Å². The molecule has 0 aliphatic heterocycles. The van der Waals surface area contributed by atoms with Gasteiger partial charge in [0.05, 0.1) is 11.3 Å². The molecule has 6 nitrogen and oxygen atoms in total. The van der Waals surface area contributed by atoms with E-state index in [-0.39, 0.29) is 17.9 Å². The second kappa shape index (κ2) is 7.38. The Bertz CT molecular complexity index is 858. The maximum Gasteiger partial charge on any atom is 0.435 e. The summed E-state index contributed by atoms with van der Waals surface area (Å²) >= 11 is 0. The molecule has 26 heavy (non-hydrogen) atoms. The van der Waals surface area contributed by atoms with Crippen molar-refractivity contribution in [3.05, 3.63) is 54.1 Å². The smallest absolute Gasteiger partial charge is 0.322 e. The van der Waals surface area contributed by atoms with Gasteiger partial charge in [0.15, 0.2) is 5.69 Å². The first-order valence-corrected chi connectivity index (χ1v) is 7.34. The quantitative estimate of drug-likeness (QED) is 0.625. The highest BCUT2D eigenvalue weighted by atomic mass is 19.4. The lowest BCUT2D eigenvalue weighted by atomic mass is 10.2. The molecule has 0 fully saturated rings. The molecule has 2 aromatic rings. The first kappa shape index (κ1) is 19.2. The molecule has 138 valence electrons. The third-order valence-corrected chi connectivity index (χ3v) is 3.27. The second-order valence-electron chi connectivity index (χ2n) is 5.09. The fraction of sp³-hybridized carbons (Fsp3) is 0.188. The number of alkyl halides is 3. The van der Waals surface area contributed by atoms with Gasteiger partial charge in [-0.3, -0.25) is 14.3 Å². The highest BCUT2D eigenvalue weighted by Crippen LogP contribution is 2.31. The van der Waals surface area contributed by atoms with Crippen molar-refractivity contribution >= 4 is 23.2 Å². The number of aryl methyl sites for hydroxylation is 1. The van der Waals surface area contributed by atoms with Gasteiger partial charge < -0.3 is 10.6 Å². The minimum absolute atomic E-state index is 0.00636. The highest BCUT2D eigenvalue weighted by molar-refractivity contribution is 6.05. The summed E-state index contributed by atoms with van der Waals surface area (Å²) in [6.07, 6.45) is -2.92. The van der Waals surface area contributed by atoms with E-state index in [9.17, 15) is 27.2 Å². The summed E-state index contributed by atoms with van der Waals surface area (Å²) < 4.78 is 53.8. The van der Waals surface area contributed by atoms with Crippen LogP contribution in [0.2, 0.25) is 0 Å². The fourth-order valence-electron chi connectivity index (χ4n) is 2.04. The number of hydrogen-bond donors (Lipinski definition) is 2. The van der Waals surface area contributed by atoms with Gasteiger partial charge in [-0.05, 0) is 31.2 Å². The van der Waals surface area contributed by atoms with E-state index in [1.165, 1.54) is 0 Å². The van der Waals surface area contributed by atoms with Crippen molar-refractivity contribution in [2.45, 2.75) is 19.6 Å². The Hall–Kier alpha value is -3.17. The summed E-state index contributed by atoms with van der Waals surface area (Å²) in [6.45, 7) is 4.94. The van der Waals surface area contributed by atoms with E-state index in [0.29, 0.717) is 0 Å². The van der Waals surface area contributed by atoms with Crippen LogP contribution in [0.3, 0.4) is 0 Å². The standard InChI is InChI=1S/C16H14F4N4O2/c1-3-13(25)22-12-7-9(5-6-11(12)17)21-15(26)10-8-24(4-2)23-14(10)16(18,19)20/h3,5-8H,1,4H2,2H3,(H,21,26)(H,22,25). The summed E-state index contributed by atoms with van der Waals surface area (Å²) in [4.78, 5) is 23.5. The Labute approximate surface area is 145 Å². The van der Waals surface area contributed by atoms with Gasteiger partial charge in [-0.25, -0.2) is 4.39 Å². The number of nitrogens with zero attached hydrogens (tertiary/aromatic N) is 2. The fourth-order valence-corrected chi connectivity index (χ4v) is 2.04. The lowest BCUT2D eigenvalue weighted by Gasteiger charge is -2.10. The largest absolute Gasteiger partial charge is 0.435 e. The number of benzene rings is 1. The average Bonchev–Trinajstić information content (AvgIpc) is 3.02. The van der Waals surface area contributed by atoms with E-state index >= 15 is 0 Å². The van der Waals surface area contributed by atoms with Gasteiger partial charge in [-0.2, -0.15) is 18.3 Å². The van der Waals surface area contributed by atoms with Crippen molar-refractivity contribution in [1.82, 2.24) is 9.78 Å². The van der Waals surface area contributed by atoms with Gasteiger partial charge in [0, 0.05) is 18.4 Å². The van der Waals surface area contributed by atoms with E-state index in [0.717, 1.165) is 35.2 Å². The van der Waals surface area contributed by atoms with Gasteiger partial charge in [0.1, 0.15) is 5.82 Å². The Morgan fingerprint density at radius 1 is 1.31 bits per heavy atom. The maximum absolute atomic E-state index is 13.7. The second-order valence-corrected chi connectivity index (χ2v) is 5.09. The van der Waals surface area contributed by atoms with Crippen LogP contribution in [0, 0.1) is 5.82 Å². The maximum atomic E-state index is 13.7. The van der Waals surface area contributed by atoms with Gasteiger partial charge in [0.25, 0.3) is 5.91 Å². The number of carbonyl (C=O) groups is 2. The van der Waals surface area contributed by atoms with Crippen LogP contribution in [0.15, 0.2) is 37.1 Å². The summed E-state index contributed by atoms with van der Waals surface area (Å²) in [7, 11) is 0. The summed E-state index contributed by atoms with van der Waals surface area (Å²) in [5.41, 5.74) is -2.25. The van der Waals surface area contributed by atoms with Gasteiger partial charge >= 0.3 is 6.18 Å². The minimum atomic E-state index is -4.81. The number of anilines is 2. The third kappa shape index (κ3) is 4.26. The molecular formula is C16H14F4N4O2. The van der Waals surface area contributed by atoms with Gasteiger partial charge in [-0.15, -0.1) is 0 Å². The number of hydrogen-bond acceptors (Lipinski definition) is 3. The van der Waals surface area contributed by atoms with Crippen molar-refractivity contribution in [2.75, 3.05) is 10.6 Å². The molecule has 0 atom stereocenters. The van der Waals surface area contributed by atoms with Crippen molar-refractivity contribution in [2.24, 2.45) is 0 Å². The third-order valence-electron chi connectivity index (χ3n) is 3.27. The van der Waals surface area contributed by atoms with Gasteiger partial charge in [0.2, 0.25) is 5.91 Å². The topological polar surface area (TPSA) is 76.0 Å². The minimum Gasteiger partial charge on any atom is -0.322 e. The van der Waals surface area contributed by atoms with Crippen molar-refractivity contribution in [3.63, 3.8) is 0 Å². The van der Waals surface area contributed by atoms with Crippen LogP contribution in [0.1, 0.15) is 23.0 Å². The predicted molar refractivity (Wildman–Crippen MR) is 86.1 cm³/mol. The molecule has 0 spiro atoms. The van der Waals surface area contributed by atoms with Crippen LogP contribution in [0.4, 0.5) is 28.9 Å². The molecule has 1 heterocycles. The van der Waals surface area contributed by atoms with Crippen LogP contribution in [-0.2, 0) is 17.5 Å². The molecule has 0 aliphatic carbocycles. The number of amides is 2. The molecular weight excluding hydrogens is 356 g/mol. The average molecular weight is 370 g/mol. The number of aromatic nitrogens is 2. The van der Waals surface area contributed by atoms with Crippen LogP contribution >= 0.6 is 0 Å². The first-order chi connectivity index (χ1) is 12.2. The zero-order valence-corrected chi connectivity index (χ0v) is 13.5. The molecule has 0 bridgehead atoms. The molecule has 1 aromatic heterocycles. The monoisotopic (exact) mass is 370 g/mol. The molecule has 0 saturated carbocycles. The Balaban J connectivity index is 2.31. The van der Waals surface area contributed by atoms with Gasteiger partial charge in [-0.1, -0.05) is 6.58 Å². The molecule has 0 unspecified atom stereocenters. The molecule has 0 aliphatic rings. The lowest BCUT2D eigenvalue weighted by Crippen LogP contribution is -2.18. The molecule has 0 saturated heterocycles. The summed E-state index contributed by atoms with van der Waals surface area (Å²) in [5, 5.41) is 7.76. The van der Waals surface area contributed by atoms with Crippen molar-refractivity contribution in [1.29, 1.82) is 0 Å². The molecule has 1 aromatic carbocycles. The predicted octanol–water partition coefficient (Wildman–Crippen LogP) is 3.44. The molecule has 2 amide bonds. The number of nitrogens with one attached hydrogen (secondary N) is 2. The Morgan fingerprint density at radius 3 is 2.58 bits per heavy atom. The molecule has 0 radical (unpaired) electrons. The Morgan fingerprint density at radius 2 is 2.00 bits per heavy atom. The Kier molecular flexibility index (Phi) is 5.44. The van der Waals surface area contributed by atoms with Crippen molar-refractivity contribution in [3.8, 4) is 0 Å². The molecule has 10 heteroatoms. The van der Waals surface area contributed by atoms with Crippen LogP contribution in [-0.4, -0.2) is 21.6 Å². The summed E-state index contributed by atoms with van der Waals surface area (Å²) in [5.74, 6) is -2.53. The van der Waals surface area contributed by atoms with Crippen LogP contribution in [0.5, 0.6) is 0 Å². The zero-order valence-electron chi connectivity index (χ0n) is 13.5. The van der Waals surface area contributed by atoms with E-state index < -0.39 is 35.1 Å². The molecule has 2 N–H and O–H groups in total. The lowest BCUT2D eigenvalue weighted by molar-refractivity contribution is -0.141. The number of halogens is 4. The number of rotatable bonds is 5. The first-order valence-electron chi connectivity index (χ1n) is 7.34. The van der Waals surface area contributed by atoms with E-state index in [4.69, 9.17) is 0 Å². The highest BCUT2D eigenvalue weighted by Gasteiger charge is 2.39.